The molecule has 0 aromatic heterocycles. The third-order valence-electron chi connectivity index (χ3n) is 2.45. The van der Waals surface area contributed by atoms with E-state index in [4.69, 9.17) is 13.8 Å². The fourth-order valence-corrected chi connectivity index (χ4v) is 3.30. The highest BCUT2D eigenvalue weighted by Crippen LogP contribution is 2.45. The van der Waals surface area contributed by atoms with Crippen molar-refractivity contribution in [2.75, 3.05) is 26.4 Å². The van der Waals surface area contributed by atoms with Crippen molar-refractivity contribution in [1.29, 1.82) is 0 Å². The average molecular weight is 332 g/mol. The summed E-state index contributed by atoms with van der Waals surface area (Å²) in [4.78, 5) is 11.3. The van der Waals surface area contributed by atoms with Crippen LogP contribution in [0.5, 0.6) is 0 Å². The molecule has 6 nitrogen and oxygen atoms in total. The predicted octanol–water partition coefficient (Wildman–Crippen LogP) is 3.46. The number of alkyl carbamates (subject to hydrolysis) is 1. The molecular weight excluding hydrogens is 303 g/mol. The van der Waals surface area contributed by atoms with Gasteiger partial charge in [0.15, 0.2) is 0 Å². The van der Waals surface area contributed by atoms with Gasteiger partial charge < -0.3 is 19.1 Å². The lowest BCUT2D eigenvalue weighted by atomic mass is 10.3. The van der Waals surface area contributed by atoms with Gasteiger partial charge in [0, 0.05) is 18.6 Å². The Bertz CT molecular complexity index is 330. The van der Waals surface area contributed by atoms with Crippen molar-refractivity contribution in [2.45, 2.75) is 39.8 Å². The highest BCUT2D eigenvalue weighted by atomic mass is 31.2. The lowest BCUT2D eigenvalue weighted by Gasteiger charge is -2.35. The summed E-state index contributed by atoms with van der Waals surface area (Å²) in [5, 5.41) is 2.61. The molecule has 0 aliphatic heterocycles. The van der Waals surface area contributed by atoms with Crippen molar-refractivity contribution < 1.29 is 18.6 Å². The van der Waals surface area contributed by atoms with Crippen LogP contribution in [0.2, 0.25) is 0 Å². The number of carbonyl (C=O) groups excluding carboxylic acids is 1. The van der Waals surface area contributed by atoms with Crippen molar-refractivity contribution in [2.24, 2.45) is 0 Å². The summed E-state index contributed by atoms with van der Waals surface area (Å²) < 4.78 is 18.5. The molecule has 0 rings (SSSR count). The third-order valence-corrected chi connectivity index (χ3v) is 4.53. The molecule has 22 heavy (non-hydrogen) atoms. The van der Waals surface area contributed by atoms with Gasteiger partial charge in [-0.1, -0.05) is 18.7 Å². The molecule has 0 fully saturated rings. The van der Waals surface area contributed by atoms with Crippen molar-refractivity contribution in [1.82, 2.24) is 9.99 Å². The van der Waals surface area contributed by atoms with Crippen molar-refractivity contribution >= 4 is 14.6 Å². The van der Waals surface area contributed by atoms with Gasteiger partial charge in [0.25, 0.3) is 8.53 Å². The molecule has 1 atom stereocenters. The minimum Gasteiger partial charge on any atom is -0.445 e. The maximum Gasteiger partial charge on any atom is 0.407 e. The summed E-state index contributed by atoms with van der Waals surface area (Å²) in [6.45, 7) is 16.9. The zero-order valence-corrected chi connectivity index (χ0v) is 15.0. The van der Waals surface area contributed by atoms with Crippen LogP contribution in [0.3, 0.4) is 0 Å². The van der Waals surface area contributed by atoms with Crippen molar-refractivity contribution in [3.8, 4) is 0 Å². The number of nitrogens with zero attached hydrogens (tertiary/aromatic N) is 1. The molecule has 7 heteroatoms. The molecule has 0 aliphatic carbocycles. The molecule has 0 saturated heterocycles. The van der Waals surface area contributed by atoms with Crippen LogP contribution in [0.1, 0.15) is 27.7 Å². The van der Waals surface area contributed by atoms with Crippen LogP contribution in [0.25, 0.3) is 0 Å². The smallest absolute Gasteiger partial charge is 0.407 e. The number of ether oxygens (including phenoxy) is 1. The van der Waals surface area contributed by atoms with Gasteiger partial charge in [-0.05, 0) is 27.7 Å². The lowest BCUT2D eigenvalue weighted by Crippen LogP contribution is -2.34. The number of amides is 1. The number of carbonyl (C=O) groups is 1. The van der Waals surface area contributed by atoms with Gasteiger partial charge in [-0.25, -0.2) is 9.46 Å². The molecule has 0 aromatic rings. The van der Waals surface area contributed by atoms with Gasteiger partial charge in [-0.3, -0.25) is 0 Å². The van der Waals surface area contributed by atoms with E-state index in [0.29, 0.717) is 31.8 Å². The molecule has 1 N–H and O–H groups in total. The summed E-state index contributed by atoms with van der Waals surface area (Å²) in [7, 11) is -1.20. The van der Waals surface area contributed by atoms with E-state index >= 15 is 0 Å². The van der Waals surface area contributed by atoms with E-state index in [0.717, 1.165) is 0 Å². The van der Waals surface area contributed by atoms with E-state index in [1.807, 2.05) is 0 Å². The Labute approximate surface area is 135 Å². The number of hydrogen-bond acceptors (Lipinski definition) is 5. The topological polar surface area (TPSA) is 60.0 Å². The Hall–Kier alpha value is -0.940. The zero-order valence-electron chi connectivity index (χ0n) is 14.1. The molecule has 0 bridgehead atoms. The van der Waals surface area contributed by atoms with E-state index in [2.05, 4.69) is 50.8 Å². The van der Waals surface area contributed by atoms with Crippen LogP contribution in [-0.4, -0.2) is 49.2 Å². The van der Waals surface area contributed by atoms with Crippen LogP contribution >= 0.6 is 8.53 Å². The quantitative estimate of drug-likeness (QED) is 0.337. The second-order valence-electron chi connectivity index (χ2n) is 5.04. The van der Waals surface area contributed by atoms with E-state index < -0.39 is 14.6 Å². The fraction of sp³-hybridized carbons (Fsp3) is 0.667. The molecule has 0 spiro atoms. The Morgan fingerprint density at radius 3 is 2.23 bits per heavy atom. The van der Waals surface area contributed by atoms with Gasteiger partial charge in [-0.15, -0.1) is 6.58 Å². The summed E-state index contributed by atoms with van der Waals surface area (Å²) in [6, 6.07) is 0.586. The largest absolute Gasteiger partial charge is 0.445 e. The van der Waals surface area contributed by atoms with E-state index in [1.54, 1.807) is 6.08 Å². The number of rotatable bonds is 12. The van der Waals surface area contributed by atoms with Crippen LogP contribution < -0.4 is 5.32 Å². The number of hydrogen-bond donors (Lipinski definition) is 1. The van der Waals surface area contributed by atoms with Gasteiger partial charge in [-0.2, -0.15) is 0 Å². The second-order valence-corrected chi connectivity index (χ2v) is 6.49. The first-order chi connectivity index (χ1) is 10.4. The first-order valence-electron chi connectivity index (χ1n) is 7.40. The van der Waals surface area contributed by atoms with Crippen LogP contribution in [0, 0.1) is 0 Å². The number of nitrogens with one attached hydrogen (secondary N) is 1. The maximum absolute atomic E-state index is 11.3. The van der Waals surface area contributed by atoms with E-state index in [9.17, 15) is 4.79 Å². The lowest BCUT2D eigenvalue weighted by molar-refractivity contribution is 0.152. The molecule has 128 valence electrons. The van der Waals surface area contributed by atoms with Gasteiger partial charge >= 0.3 is 6.09 Å². The molecule has 1 unspecified atom stereocenters. The van der Waals surface area contributed by atoms with Gasteiger partial charge in [0.2, 0.25) is 0 Å². The maximum atomic E-state index is 11.3. The van der Waals surface area contributed by atoms with E-state index in [1.165, 1.54) is 6.08 Å². The summed E-state index contributed by atoms with van der Waals surface area (Å²) in [6.07, 6.45) is 2.73. The van der Waals surface area contributed by atoms with E-state index in [-0.39, 0.29) is 6.61 Å². The van der Waals surface area contributed by atoms with Crippen LogP contribution in [-0.2, 0) is 13.8 Å². The highest BCUT2D eigenvalue weighted by molar-refractivity contribution is 7.44. The molecule has 0 aromatic carbocycles. The summed E-state index contributed by atoms with van der Waals surface area (Å²) in [5.74, 6) is 0. The van der Waals surface area contributed by atoms with Crippen molar-refractivity contribution in [3.05, 3.63) is 25.3 Å². The minimum atomic E-state index is -1.20. The highest BCUT2D eigenvalue weighted by Gasteiger charge is 2.26. The summed E-state index contributed by atoms with van der Waals surface area (Å²) >= 11 is 0. The van der Waals surface area contributed by atoms with Gasteiger partial charge in [0.1, 0.15) is 6.61 Å². The molecular formula is C15H29N2O4P. The first-order valence-corrected chi connectivity index (χ1v) is 8.53. The standard InChI is InChI=1S/C15H29N2O4P/c1-7-10-19-15(18)16-9-12-21-22(20-11-8-2)17(13(3)4)14(5)6/h7-8,13-14H,1-2,9-12H2,3-6H3,(H,16,18). The first kappa shape index (κ1) is 21.1. The van der Waals surface area contributed by atoms with Crippen LogP contribution in [0.4, 0.5) is 4.79 Å². The SMILES string of the molecule is C=CCOC(=O)NCCOP(OCC=C)N(C(C)C)C(C)C. The monoisotopic (exact) mass is 332 g/mol. The minimum absolute atomic E-state index is 0.191. The Balaban J connectivity index is 4.32. The summed E-state index contributed by atoms with van der Waals surface area (Å²) in [5.41, 5.74) is 0. The Morgan fingerprint density at radius 2 is 1.73 bits per heavy atom. The molecule has 1 amide bonds. The van der Waals surface area contributed by atoms with Crippen LogP contribution in [0.15, 0.2) is 25.3 Å². The molecule has 0 saturated carbocycles. The molecule has 0 aliphatic rings. The van der Waals surface area contributed by atoms with Gasteiger partial charge in [0.05, 0.1) is 13.2 Å². The zero-order chi connectivity index (χ0) is 17.0. The average Bonchev–Trinajstić information content (AvgIpc) is 2.45. The normalized spacial score (nSPS) is 12.5. The second kappa shape index (κ2) is 12.6. The fourth-order valence-electron chi connectivity index (χ4n) is 1.72. The predicted molar refractivity (Wildman–Crippen MR) is 90.7 cm³/mol. The van der Waals surface area contributed by atoms with Crippen molar-refractivity contribution in [3.63, 3.8) is 0 Å². The Kier molecular flexibility index (Phi) is 12.1. The Morgan fingerprint density at radius 1 is 1.14 bits per heavy atom. The molecule has 0 heterocycles. The third kappa shape index (κ3) is 9.15. The molecule has 0 radical (unpaired) electrons.